The van der Waals surface area contributed by atoms with Crippen LogP contribution in [-0.4, -0.2) is 36.5 Å². The first kappa shape index (κ1) is 15.3. The highest BCUT2D eigenvalue weighted by Gasteiger charge is 2.63. The van der Waals surface area contributed by atoms with E-state index in [1.165, 1.54) is 0 Å². The number of fused-ring (bicyclic) bond motifs is 1. The summed E-state index contributed by atoms with van der Waals surface area (Å²) in [5.74, 6) is 0.612. The molecule has 0 bridgehead atoms. The molecule has 1 aromatic rings. The maximum absolute atomic E-state index is 11.7. The summed E-state index contributed by atoms with van der Waals surface area (Å²) in [6, 6.07) is 7.66. The van der Waals surface area contributed by atoms with Gasteiger partial charge in [-0.1, -0.05) is 19.1 Å². The molecule has 0 radical (unpaired) electrons. The summed E-state index contributed by atoms with van der Waals surface area (Å²) >= 11 is 0. The Labute approximate surface area is 130 Å². The lowest BCUT2D eigenvalue weighted by atomic mass is 9.76. The molecule has 1 saturated carbocycles. The van der Waals surface area contributed by atoms with Crippen molar-refractivity contribution >= 4 is 5.97 Å². The predicted octanol–water partition coefficient (Wildman–Crippen LogP) is 2.06. The number of rotatable bonds is 5. The van der Waals surface area contributed by atoms with Crippen LogP contribution in [0.25, 0.3) is 0 Å². The second kappa shape index (κ2) is 5.56. The third-order valence-electron chi connectivity index (χ3n) is 4.96. The average Bonchev–Trinajstić information content (AvgIpc) is 2.82. The van der Waals surface area contributed by atoms with Crippen LogP contribution in [-0.2, 0) is 20.9 Å². The van der Waals surface area contributed by atoms with Gasteiger partial charge in [0.15, 0.2) is 0 Å². The van der Waals surface area contributed by atoms with E-state index in [9.17, 15) is 9.90 Å². The SMILES string of the molecule is COc1ccc(COC[C@@]23C[C@H](O)C[C@]2(C)CC(=O)O3)cc1. The molecule has 2 fully saturated rings. The number of carbonyl (C=O) groups excluding carboxylic acids is 1. The van der Waals surface area contributed by atoms with E-state index in [-0.39, 0.29) is 11.4 Å². The van der Waals surface area contributed by atoms with Crippen LogP contribution < -0.4 is 4.74 Å². The molecule has 1 N–H and O–H groups in total. The lowest BCUT2D eigenvalue weighted by Gasteiger charge is -2.34. The van der Waals surface area contributed by atoms with Crippen molar-refractivity contribution in [1.29, 1.82) is 0 Å². The standard InChI is InChI=1S/C17H22O5/c1-16-7-13(18)8-17(16,22-15(19)9-16)11-21-10-12-3-5-14(20-2)6-4-12/h3-6,13,18H,7-11H2,1-2H3/t13-,16-,17+/m1/s1. The number of methoxy groups -OCH3 is 1. The summed E-state index contributed by atoms with van der Waals surface area (Å²) in [5.41, 5.74) is 0.0149. The molecule has 0 aromatic heterocycles. The highest BCUT2D eigenvalue weighted by Crippen LogP contribution is 2.55. The van der Waals surface area contributed by atoms with Gasteiger partial charge in [0.1, 0.15) is 11.4 Å². The molecule has 3 rings (SSSR count). The Balaban J connectivity index is 1.63. The van der Waals surface area contributed by atoms with E-state index in [4.69, 9.17) is 14.2 Å². The van der Waals surface area contributed by atoms with Gasteiger partial charge < -0.3 is 19.3 Å². The number of hydrogen-bond acceptors (Lipinski definition) is 5. The number of ether oxygens (including phenoxy) is 3. The van der Waals surface area contributed by atoms with Gasteiger partial charge in [0.2, 0.25) is 0 Å². The molecular formula is C17H22O5. The van der Waals surface area contributed by atoms with Crippen LogP contribution in [0.15, 0.2) is 24.3 Å². The second-order valence-corrected chi connectivity index (χ2v) is 6.61. The van der Waals surface area contributed by atoms with Gasteiger partial charge in [0.05, 0.1) is 32.8 Å². The number of benzene rings is 1. The Morgan fingerprint density at radius 3 is 2.73 bits per heavy atom. The second-order valence-electron chi connectivity index (χ2n) is 6.61. The zero-order chi connectivity index (χ0) is 15.8. The monoisotopic (exact) mass is 306 g/mol. The molecule has 0 spiro atoms. The largest absolute Gasteiger partial charge is 0.497 e. The van der Waals surface area contributed by atoms with Crippen molar-refractivity contribution < 1.29 is 24.1 Å². The van der Waals surface area contributed by atoms with Crippen molar-refractivity contribution in [1.82, 2.24) is 0 Å². The van der Waals surface area contributed by atoms with Crippen molar-refractivity contribution in [3.05, 3.63) is 29.8 Å². The maximum Gasteiger partial charge on any atom is 0.307 e. The van der Waals surface area contributed by atoms with E-state index in [0.717, 1.165) is 11.3 Å². The Hall–Kier alpha value is -1.59. The lowest BCUT2D eigenvalue weighted by Crippen LogP contribution is -2.43. The third-order valence-corrected chi connectivity index (χ3v) is 4.96. The Morgan fingerprint density at radius 1 is 1.32 bits per heavy atom. The van der Waals surface area contributed by atoms with Gasteiger partial charge in [-0.15, -0.1) is 0 Å². The number of esters is 1. The quantitative estimate of drug-likeness (QED) is 0.844. The first-order valence-electron chi connectivity index (χ1n) is 7.57. The fourth-order valence-corrected chi connectivity index (χ4v) is 3.69. The summed E-state index contributed by atoms with van der Waals surface area (Å²) in [5, 5.41) is 9.96. The van der Waals surface area contributed by atoms with Gasteiger partial charge in [0.25, 0.3) is 0 Å². The Bertz CT molecular complexity index is 555. The van der Waals surface area contributed by atoms with Crippen molar-refractivity contribution in [2.75, 3.05) is 13.7 Å². The normalized spacial score (nSPS) is 33.6. The number of hydrogen-bond donors (Lipinski definition) is 1. The van der Waals surface area contributed by atoms with Crippen LogP contribution >= 0.6 is 0 Å². The summed E-state index contributed by atoms with van der Waals surface area (Å²) < 4.78 is 16.5. The van der Waals surface area contributed by atoms with E-state index in [1.807, 2.05) is 31.2 Å². The molecule has 1 heterocycles. The molecule has 3 atom stereocenters. The molecule has 2 aliphatic rings. The fraction of sp³-hybridized carbons (Fsp3) is 0.588. The Kier molecular flexibility index (Phi) is 3.87. The zero-order valence-corrected chi connectivity index (χ0v) is 13.0. The minimum atomic E-state index is -0.685. The molecule has 1 aromatic carbocycles. The summed E-state index contributed by atoms with van der Waals surface area (Å²) in [6.45, 7) is 2.76. The first-order valence-corrected chi connectivity index (χ1v) is 7.57. The van der Waals surface area contributed by atoms with Crippen molar-refractivity contribution in [2.45, 2.75) is 44.5 Å². The van der Waals surface area contributed by atoms with Crippen molar-refractivity contribution in [3.63, 3.8) is 0 Å². The van der Waals surface area contributed by atoms with Gasteiger partial charge in [-0.3, -0.25) is 4.79 Å². The highest BCUT2D eigenvalue weighted by molar-refractivity contribution is 5.74. The van der Waals surface area contributed by atoms with Crippen LogP contribution in [0.5, 0.6) is 5.75 Å². The number of aliphatic hydroxyl groups is 1. The van der Waals surface area contributed by atoms with E-state index in [0.29, 0.717) is 32.5 Å². The van der Waals surface area contributed by atoms with Gasteiger partial charge >= 0.3 is 5.97 Å². The van der Waals surface area contributed by atoms with Crippen LogP contribution in [0.1, 0.15) is 31.7 Å². The van der Waals surface area contributed by atoms with Crippen molar-refractivity contribution in [2.24, 2.45) is 5.41 Å². The topological polar surface area (TPSA) is 65.0 Å². The Morgan fingerprint density at radius 2 is 2.05 bits per heavy atom. The van der Waals surface area contributed by atoms with E-state index < -0.39 is 11.7 Å². The van der Waals surface area contributed by atoms with Crippen LogP contribution in [0.2, 0.25) is 0 Å². The molecule has 120 valence electrons. The zero-order valence-electron chi connectivity index (χ0n) is 13.0. The van der Waals surface area contributed by atoms with Gasteiger partial charge in [-0.2, -0.15) is 0 Å². The van der Waals surface area contributed by atoms with Gasteiger partial charge in [-0.05, 0) is 24.1 Å². The molecule has 5 nitrogen and oxygen atoms in total. The van der Waals surface area contributed by atoms with Gasteiger partial charge in [0, 0.05) is 11.8 Å². The van der Waals surface area contributed by atoms with E-state index in [1.54, 1.807) is 7.11 Å². The molecule has 22 heavy (non-hydrogen) atoms. The fourth-order valence-electron chi connectivity index (χ4n) is 3.69. The van der Waals surface area contributed by atoms with E-state index >= 15 is 0 Å². The molecule has 1 aliphatic carbocycles. The van der Waals surface area contributed by atoms with Crippen LogP contribution in [0.3, 0.4) is 0 Å². The molecule has 1 aliphatic heterocycles. The third kappa shape index (κ3) is 2.59. The predicted molar refractivity (Wildman–Crippen MR) is 79.4 cm³/mol. The minimum absolute atomic E-state index is 0.192. The first-order chi connectivity index (χ1) is 10.5. The maximum atomic E-state index is 11.7. The summed E-state index contributed by atoms with van der Waals surface area (Å²) in [4.78, 5) is 11.7. The summed E-state index contributed by atoms with van der Waals surface area (Å²) in [7, 11) is 1.63. The smallest absolute Gasteiger partial charge is 0.307 e. The number of aliphatic hydroxyl groups excluding tert-OH is 1. The van der Waals surface area contributed by atoms with E-state index in [2.05, 4.69) is 0 Å². The van der Waals surface area contributed by atoms with Crippen LogP contribution in [0.4, 0.5) is 0 Å². The van der Waals surface area contributed by atoms with Crippen molar-refractivity contribution in [3.8, 4) is 5.75 Å². The highest BCUT2D eigenvalue weighted by atomic mass is 16.6. The number of carbonyl (C=O) groups is 1. The average molecular weight is 306 g/mol. The molecule has 0 unspecified atom stereocenters. The lowest BCUT2D eigenvalue weighted by molar-refractivity contribution is -0.158. The van der Waals surface area contributed by atoms with Gasteiger partial charge in [-0.25, -0.2) is 0 Å². The minimum Gasteiger partial charge on any atom is -0.497 e. The molecular weight excluding hydrogens is 284 g/mol. The molecule has 0 amide bonds. The summed E-state index contributed by atoms with van der Waals surface area (Å²) in [6.07, 6.45) is 0.973. The van der Waals surface area contributed by atoms with Crippen LogP contribution in [0, 0.1) is 5.41 Å². The molecule has 5 heteroatoms. The molecule has 1 saturated heterocycles.